The van der Waals surface area contributed by atoms with Gasteiger partial charge in [0.1, 0.15) is 5.60 Å². The van der Waals surface area contributed by atoms with Crippen LogP contribution in [0.5, 0.6) is 0 Å². The Bertz CT molecular complexity index is 365. The average Bonchev–Trinajstić information content (AvgIpc) is 2.35. The lowest BCUT2D eigenvalue weighted by Gasteiger charge is -2.26. The average molecular weight is 274 g/mol. The summed E-state index contributed by atoms with van der Waals surface area (Å²) in [5.41, 5.74) is -1.81. The van der Waals surface area contributed by atoms with Crippen LogP contribution < -0.4 is 0 Å². The number of carboxylic acids is 2. The molecule has 0 aromatic carbocycles. The molecule has 0 atom stereocenters. The number of aliphatic hydroxyl groups is 2. The van der Waals surface area contributed by atoms with Gasteiger partial charge in [0, 0.05) is 11.1 Å². The molecule has 7 heteroatoms. The summed E-state index contributed by atoms with van der Waals surface area (Å²) in [6.45, 7) is 1.41. The summed E-state index contributed by atoms with van der Waals surface area (Å²) in [4.78, 5) is 21.6. The summed E-state index contributed by atoms with van der Waals surface area (Å²) in [7, 11) is 0. The second-order valence-corrected chi connectivity index (χ2v) is 3.95. The minimum atomic E-state index is -1.59. The first-order chi connectivity index (χ1) is 8.78. The fraction of sp³-hybridized carbons (Fsp3) is 0.500. The van der Waals surface area contributed by atoms with Gasteiger partial charge in [-0.3, -0.25) is 0 Å². The Kier molecular flexibility index (Phi) is 6.99. The molecule has 0 aromatic rings. The predicted molar refractivity (Wildman–Crippen MR) is 65.6 cm³/mol. The van der Waals surface area contributed by atoms with E-state index in [1.54, 1.807) is 0 Å². The molecule has 0 aliphatic rings. The molecule has 0 rings (SSSR count). The molecule has 0 saturated heterocycles. The molecule has 0 aliphatic carbocycles. The van der Waals surface area contributed by atoms with Gasteiger partial charge in [-0.25, -0.2) is 9.59 Å². The third-order valence-electron chi connectivity index (χ3n) is 2.31. The van der Waals surface area contributed by atoms with Gasteiger partial charge < -0.3 is 25.2 Å². The highest BCUT2D eigenvalue weighted by Crippen LogP contribution is 2.19. The van der Waals surface area contributed by atoms with Crippen LogP contribution in [0, 0.1) is 0 Å². The van der Waals surface area contributed by atoms with Crippen LogP contribution in [-0.2, 0) is 14.3 Å². The predicted octanol–water partition coefficient (Wildman–Crippen LogP) is -0.212. The van der Waals surface area contributed by atoms with Crippen molar-refractivity contribution in [3.63, 3.8) is 0 Å². The van der Waals surface area contributed by atoms with Crippen molar-refractivity contribution < 1.29 is 34.8 Å². The molecule has 0 aliphatic heterocycles. The summed E-state index contributed by atoms with van der Waals surface area (Å²) < 4.78 is 5.19. The Hall–Kier alpha value is -1.70. The van der Waals surface area contributed by atoms with E-state index in [4.69, 9.17) is 20.1 Å². The third-order valence-corrected chi connectivity index (χ3v) is 2.31. The van der Waals surface area contributed by atoms with Gasteiger partial charge in [0.2, 0.25) is 0 Å². The molecular formula is C12H18O7. The van der Waals surface area contributed by atoms with Gasteiger partial charge in [-0.05, 0) is 26.0 Å². The first-order valence-corrected chi connectivity index (χ1v) is 5.49. The molecule has 0 fully saturated rings. The quantitative estimate of drug-likeness (QED) is 0.451. The lowest BCUT2D eigenvalue weighted by Crippen LogP contribution is -2.35. The zero-order chi connectivity index (χ0) is 15.1. The van der Waals surface area contributed by atoms with Crippen molar-refractivity contribution in [2.24, 2.45) is 0 Å². The number of carboxylic acid groups (broad SMARTS) is 2. The molecule has 0 heterocycles. The molecule has 0 amide bonds. The van der Waals surface area contributed by atoms with Gasteiger partial charge in [0.15, 0.2) is 0 Å². The van der Waals surface area contributed by atoms with Crippen LogP contribution in [0.15, 0.2) is 23.3 Å². The van der Waals surface area contributed by atoms with Crippen LogP contribution in [0.4, 0.5) is 0 Å². The van der Waals surface area contributed by atoms with Crippen molar-refractivity contribution in [3.8, 4) is 0 Å². The van der Waals surface area contributed by atoms with Crippen LogP contribution in [0.1, 0.15) is 13.8 Å². The van der Waals surface area contributed by atoms with E-state index in [-0.39, 0.29) is 24.4 Å². The fourth-order valence-corrected chi connectivity index (χ4v) is 1.35. The summed E-state index contributed by atoms with van der Waals surface area (Å²) in [5, 5.41) is 35.7. The smallest absolute Gasteiger partial charge is 0.331 e. The summed E-state index contributed by atoms with van der Waals surface area (Å²) in [6, 6.07) is 0. The van der Waals surface area contributed by atoms with E-state index in [1.807, 2.05) is 0 Å². The standard InChI is InChI=1S/C12H18O7/c1-8(10(15)16)5-12(7-14,19-4-3-13)6-9(2)11(17)18/h5-6,13-14H,3-4,7H2,1-2H3,(H,15,16)(H,17,18). The van der Waals surface area contributed by atoms with Crippen molar-refractivity contribution in [2.45, 2.75) is 19.4 Å². The Morgan fingerprint density at radius 1 is 1.05 bits per heavy atom. The van der Waals surface area contributed by atoms with E-state index in [2.05, 4.69) is 0 Å². The van der Waals surface area contributed by atoms with Crippen molar-refractivity contribution >= 4 is 11.9 Å². The van der Waals surface area contributed by atoms with Crippen molar-refractivity contribution in [3.05, 3.63) is 23.3 Å². The largest absolute Gasteiger partial charge is 0.478 e. The number of aliphatic hydroxyl groups excluding tert-OH is 2. The monoisotopic (exact) mass is 274 g/mol. The number of aliphatic carboxylic acids is 2. The van der Waals surface area contributed by atoms with Crippen LogP contribution in [0.3, 0.4) is 0 Å². The van der Waals surface area contributed by atoms with Gasteiger partial charge in [0.25, 0.3) is 0 Å². The molecule has 0 aromatic heterocycles. The zero-order valence-electron chi connectivity index (χ0n) is 10.8. The van der Waals surface area contributed by atoms with Crippen LogP contribution in [0.2, 0.25) is 0 Å². The molecule has 0 bridgehead atoms. The first kappa shape index (κ1) is 17.3. The molecule has 0 saturated carbocycles. The van der Waals surface area contributed by atoms with Gasteiger partial charge in [-0.1, -0.05) is 0 Å². The summed E-state index contributed by atoms with van der Waals surface area (Å²) >= 11 is 0. The number of rotatable bonds is 8. The minimum absolute atomic E-state index is 0.110. The molecule has 19 heavy (non-hydrogen) atoms. The first-order valence-electron chi connectivity index (χ1n) is 5.49. The van der Waals surface area contributed by atoms with E-state index in [1.165, 1.54) is 13.8 Å². The highest BCUT2D eigenvalue weighted by atomic mass is 16.5. The highest BCUT2D eigenvalue weighted by Gasteiger charge is 2.27. The SMILES string of the molecule is CC(=CC(C=C(C)C(=O)O)(CO)OCCO)C(=O)O. The molecule has 7 nitrogen and oxygen atoms in total. The van der Waals surface area contributed by atoms with E-state index in [0.717, 1.165) is 12.2 Å². The van der Waals surface area contributed by atoms with Crippen LogP contribution in [0.25, 0.3) is 0 Å². The van der Waals surface area contributed by atoms with Crippen LogP contribution >= 0.6 is 0 Å². The van der Waals surface area contributed by atoms with Crippen LogP contribution in [-0.4, -0.2) is 57.8 Å². The zero-order valence-corrected chi connectivity index (χ0v) is 10.8. The summed E-state index contributed by atoms with van der Waals surface area (Å²) in [6.07, 6.45) is 2.22. The van der Waals surface area contributed by atoms with Crippen molar-refractivity contribution in [1.82, 2.24) is 0 Å². The second-order valence-electron chi connectivity index (χ2n) is 3.95. The fourth-order valence-electron chi connectivity index (χ4n) is 1.35. The molecule has 108 valence electrons. The van der Waals surface area contributed by atoms with Crippen molar-refractivity contribution in [2.75, 3.05) is 19.8 Å². The molecule has 0 radical (unpaired) electrons. The minimum Gasteiger partial charge on any atom is -0.478 e. The normalized spacial score (nSPS) is 16.0. The molecule has 4 N–H and O–H groups in total. The van der Waals surface area contributed by atoms with E-state index < -0.39 is 24.1 Å². The lowest BCUT2D eigenvalue weighted by atomic mass is 9.98. The number of hydrogen-bond donors (Lipinski definition) is 4. The third kappa shape index (κ3) is 5.64. The maximum Gasteiger partial charge on any atom is 0.331 e. The maximum atomic E-state index is 10.8. The van der Waals surface area contributed by atoms with Gasteiger partial charge in [0.05, 0.1) is 19.8 Å². The topological polar surface area (TPSA) is 124 Å². The van der Waals surface area contributed by atoms with E-state index >= 15 is 0 Å². The van der Waals surface area contributed by atoms with Gasteiger partial charge in [-0.15, -0.1) is 0 Å². The number of ether oxygens (including phenoxy) is 1. The molecule has 0 unspecified atom stereocenters. The van der Waals surface area contributed by atoms with Crippen molar-refractivity contribution in [1.29, 1.82) is 0 Å². The highest BCUT2D eigenvalue weighted by molar-refractivity contribution is 5.87. The Morgan fingerprint density at radius 3 is 1.74 bits per heavy atom. The second kappa shape index (κ2) is 7.67. The Labute approximate surface area is 110 Å². The maximum absolute atomic E-state index is 10.8. The Balaban J connectivity index is 5.56. The molecular weight excluding hydrogens is 256 g/mol. The van der Waals surface area contributed by atoms with Gasteiger partial charge in [-0.2, -0.15) is 0 Å². The Morgan fingerprint density at radius 2 is 1.47 bits per heavy atom. The van der Waals surface area contributed by atoms with E-state index in [0.29, 0.717) is 0 Å². The molecule has 0 spiro atoms. The number of carbonyl (C=O) groups is 2. The van der Waals surface area contributed by atoms with Gasteiger partial charge >= 0.3 is 11.9 Å². The lowest BCUT2D eigenvalue weighted by molar-refractivity contribution is -0.133. The van der Waals surface area contributed by atoms with E-state index in [9.17, 15) is 14.7 Å². The summed E-state index contributed by atoms with van der Waals surface area (Å²) in [5.74, 6) is -2.43. The number of hydrogen-bond acceptors (Lipinski definition) is 5.